The summed E-state index contributed by atoms with van der Waals surface area (Å²) < 4.78 is 38.6. The summed E-state index contributed by atoms with van der Waals surface area (Å²) in [4.78, 5) is 33.9. The fourth-order valence-electron chi connectivity index (χ4n) is 3.01. The van der Waals surface area contributed by atoms with Gasteiger partial charge in [-0.1, -0.05) is 0 Å². The quantitative estimate of drug-likeness (QED) is 0.261. The summed E-state index contributed by atoms with van der Waals surface area (Å²) in [6.45, 7) is -0.0966. The van der Waals surface area contributed by atoms with Crippen LogP contribution in [0.1, 0.15) is 10.4 Å². The molecule has 0 spiro atoms. The van der Waals surface area contributed by atoms with E-state index in [4.69, 9.17) is 14.2 Å². The lowest BCUT2D eigenvalue weighted by Gasteiger charge is -2.15. The second-order valence-corrected chi connectivity index (χ2v) is 8.71. The summed E-state index contributed by atoms with van der Waals surface area (Å²) in [7, 11) is 0.0838. The predicted octanol–water partition coefficient (Wildman–Crippen LogP) is 1.77. The van der Waals surface area contributed by atoms with Crippen molar-refractivity contribution in [3.8, 4) is 17.2 Å². The molecule has 0 saturated carbocycles. The molecule has 0 fully saturated rings. The SMILES string of the molecule is COc1cc(C(=O)NCCNc2ccc(S(C)(=O)=O)cc2[N+](=O)[O-])c([N+](=O)[O-])c(OC)c1OC. The number of nitro benzene ring substituents is 2. The van der Waals surface area contributed by atoms with Gasteiger partial charge in [-0.3, -0.25) is 25.0 Å². The third kappa shape index (κ3) is 5.61. The molecule has 0 aliphatic rings. The lowest BCUT2D eigenvalue weighted by Crippen LogP contribution is -2.29. The zero-order valence-corrected chi connectivity index (χ0v) is 19.4. The molecule has 2 N–H and O–H groups in total. The van der Waals surface area contributed by atoms with Crippen molar-refractivity contribution in [2.24, 2.45) is 0 Å². The smallest absolute Gasteiger partial charge is 0.327 e. The van der Waals surface area contributed by atoms with Gasteiger partial charge in [0.1, 0.15) is 11.3 Å². The molecule has 0 radical (unpaired) electrons. The maximum Gasteiger partial charge on any atom is 0.327 e. The van der Waals surface area contributed by atoms with Crippen LogP contribution >= 0.6 is 0 Å². The molecular weight excluding hydrogens is 476 g/mol. The van der Waals surface area contributed by atoms with Gasteiger partial charge in [0.15, 0.2) is 15.6 Å². The average molecular weight is 498 g/mol. The molecule has 15 heteroatoms. The Kier molecular flexibility index (Phi) is 8.18. The van der Waals surface area contributed by atoms with E-state index in [-0.39, 0.29) is 46.5 Å². The highest BCUT2D eigenvalue weighted by atomic mass is 32.2. The summed E-state index contributed by atoms with van der Waals surface area (Å²) >= 11 is 0. The second-order valence-electron chi connectivity index (χ2n) is 6.69. The average Bonchev–Trinajstić information content (AvgIpc) is 2.78. The van der Waals surface area contributed by atoms with Crippen LogP contribution in [0.2, 0.25) is 0 Å². The van der Waals surface area contributed by atoms with Gasteiger partial charge < -0.3 is 24.8 Å². The highest BCUT2D eigenvalue weighted by molar-refractivity contribution is 7.90. The van der Waals surface area contributed by atoms with Gasteiger partial charge in [-0.2, -0.15) is 0 Å². The van der Waals surface area contributed by atoms with Gasteiger partial charge in [0, 0.05) is 31.5 Å². The van der Waals surface area contributed by atoms with Gasteiger partial charge in [0.25, 0.3) is 11.6 Å². The van der Waals surface area contributed by atoms with Crippen LogP contribution < -0.4 is 24.8 Å². The first-order valence-corrected chi connectivity index (χ1v) is 11.3. The van der Waals surface area contributed by atoms with Crippen LogP contribution in [0.25, 0.3) is 0 Å². The van der Waals surface area contributed by atoms with E-state index in [1.165, 1.54) is 33.5 Å². The molecule has 0 unspecified atom stereocenters. The Morgan fingerprint density at radius 3 is 2.12 bits per heavy atom. The van der Waals surface area contributed by atoms with E-state index in [0.29, 0.717) is 0 Å². The van der Waals surface area contributed by atoms with E-state index in [2.05, 4.69) is 10.6 Å². The Morgan fingerprint density at radius 1 is 0.971 bits per heavy atom. The largest absolute Gasteiger partial charge is 0.493 e. The zero-order chi connectivity index (χ0) is 25.6. The van der Waals surface area contributed by atoms with Crippen molar-refractivity contribution in [3.05, 3.63) is 50.1 Å². The molecule has 14 nitrogen and oxygen atoms in total. The number of nitrogens with zero attached hydrogens (tertiary/aromatic N) is 2. The molecule has 0 bridgehead atoms. The van der Waals surface area contributed by atoms with Gasteiger partial charge in [0.2, 0.25) is 11.5 Å². The van der Waals surface area contributed by atoms with Gasteiger partial charge in [-0.05, 0) is 12.1 Å². The number of hydrogen-bond donors (Lipinski definition) is 2. The zero-order valence-electron chi connectivity index (χ0n) is 18.6. The minimum atomic E-state index is -3.64. The summed E-state index contributed by atoms with van der Waals surface area (Å²) in [5.41, 5.74) is -1.40. The van der Waals surface area contributed by atoms with Crippen molar-refractivity contribution in [2.45, 2.75) is 4.90 Å². The van der Waals surface area contributed by atoms with Gasteiger partial charge >= 0.3 is 5.69 Å². The van der Waals surface area contributed by atoms with Gasteiger partial charge in [-0.15, -0.1) is 0 Å². The number of nitro groups is 2. The number of amides is 1. The van der Waals surface area contributed by atoms with Gasteiger partial charge in [0.05, 0.1) is 36.1 Å². The normalized spacial score (nSPS) is 10.8. The summed E-state index contributed by atoms with van der Waals surface area (Å²) in [6.07, 6.45) is 0.928. The number of hydrogen-bond acceptors (Lipinski definition) is 11. The monoisotopic (exact) mass is 498 g/mol. The molecule has 0 aliphatic heterocycles. The number of nitrogens with one attached hydrogen (secondary N) is 2. The van der Waals surface area contributed by atoms with Crippen LogP contribution in [0, 0.1) is 20.2 Å². The van der Waals surface area contributed by atoms with E-state index >= 15 is 0 Å². The minimum absolute atomic E-state index is 0.0109. The van der Waals surface area contributed by atoms with Crippen LogP contribution in [0.15, 0.2) is 29.2 Å². The predicted molar refractivity (Wildman–Crippen MR) is 120 cm³/mol. The molecule has 2 aromatic rings. The number of sulfone groups is 1. The first-order valence-electron chi connectivity index (χ1n) is 9.44. The first-order chi connectivity index (χ1) is 16.0. The van der Waals surface area contributed by atoms with E-state index in [1.54, 1.807) is 0 Å². The Bertz CT molecular complexity index is 1230. The number of carbonyl (C=O) groups excluding carboxylic acids is 1. The van der Waals surface area contributed by atoms with Crippen molar-refractivity contribution in [1.29, 1.82) is 0 Å². The summed E-state index contributed by atoms with van der Waals surface area (Å²) in [6, 6.07) is 4.51. The van der Waals surface area contributed by atoms with Crippen molar-refractivity contribution in [3.63, 3.8) is 0 Å². The molecule has 2 rings (SSSR count). The first kappa shape index (κ1) is 26.1. The fraction of sp³-hybridized carbons (Fsp3) is 0.316. The second kappa shape index (κ2) is 10.7. The van der Waals surface area contributed by atoms with Crippen LogP contribution in [0.3, 0.4) is 0 Å². The van der Waals surface area contributed by atoms with Gasteiger partial charge in [-0.25, -0.2) is 8.42 Å². The highest BCUT2D eigenvalue weighted by Gasteiger charge is 2.32. The minimum Gasteiger partial charge on any atom is -0.493 e. The summed E-state index contributed by atoms with van der Waals surface area (Å²) in [5.74, 6) is -1.14. The van der Waals surface area contributed by atoms with Crippen LogP contribution in [0.4, 0.5) is 17.1 Å². The number of anilines is 1. The molecular formula is C19H22N4O10S. The number of carbonyl (C=O) groups is 1. The van der Waals surface area contributed by atoms with E-state index in [0.717, 1.165) is 18.4 Å². The molecule has 0 saturated heterocycles. The molecule has 0 aromatic heterocycles. The molecule has 184 valence electrons. The van der Waals surface area contributed by atoms with Crippen LogP contribution in [0.5, 0.6) is 17.2 Å². The maximum absolute atomic E-state index is 12.7. The van der Waals surface area contributed by atoms with Crippen LogP contribution in [-0.2, 0) is 9.84 Å². The molecule has 0 atom stereocenters. The number of benzene rings is 2. The standard InChI is InChI=1S/C19H22N4O10S/c1-31-15-10-12(16(23(27)28)18(33-3)17(15)32-2)19(24)21-8-7-20-13-6-5-11(34(4,29)30)9-14(13)22(25)26/h5-6,9-10,20H,7-8H2,1-4H3,(H,21,24). The Hall–Kier alpha value is -4.14. The Labute approximate surface area is 194 Å². The van der Waals surface area contributed by atoms with E-state index < -0.39 is 37.0 Å². The van der Waals surface area contributed by atoms with Crippen molar-refractivity contribution < 1.29 is 37.3 Å². The van der Waals surface area contributed by atoms with Crippen LogP contribution in [-0.4, -0.2) is 64.8 Å². The third-order valence-electron chi connectivity index (χ3n) is 4.55. The summed E-state index contributed by atoms with van der Waals surface area (Å²) in [5, 5.41) is 28.1. The van der Waals surface area contributed by atoms with Crippen molar-refractivity contribution >= 4 is 32.8 Å². The highest BCUT2D eigenvalue weighted by Crippen LogP contribution is 2.46. The third-order valence-corrected chi connectivity index (χ3v) is 5.66. The van der Waals surface area contributed by atoms with Crippen molar-refractivity contribution in [2.75, 3.05) is 46.0 Å². The molecule has 1 amide bonds. The molecule has 2 aromatic carbocycles. The number of methoxy groups -OCH3 is 3. The van der Waals surface area contributed by atoms with Crippen molar-refractivity contribution in [1.82, 2.24) is 5.32 Å². The molecule has 34 heavy (non-hydrogen) atoms. The number of rotatable bonds is 11. The topological polar surface area (TPSA) is 189 Å². The molecule has 0 heterocycles. The fourth-order valence-corrected chi connectivity index (χ4v) is 3.65. The van der Waals surface area contributed by atoms with E-state index in [1.807, 2.05) is 0 Å². The Balaban J connectivity index is 2.22. The molecule has 0 aliphatic carbocycles. The lowest BCUT2D eigenvalue weighted by atomic mass is 10.1. The Morgan fingerprint density at radius 2 is 1.62 bits per heavy atom. The van der Waals surface area contributed by atoms with E-state index in [9.17, 15) is 33.4 Å². The maximum atomic E-state index is 12.7. The number of ether oxygens (including phenoxy) is 3. The lowest BCUT2D eigenvalue weighted by molar-refractivity contribution is -0.386.